The molecule has 1 aromatic rings. The molecule has 1 aromatic carbocycles. The molecule has 4 heteroatoms. The number of methoxy groups -OCH3 is 1. The van der Waals surface area contributed by atoms with Gasteiger partial charge in [0, 0.05) is 5.56 Å². The van der Waals surface area contributed by atoms with Crippen LogP contribution in [0.15, 0.2) is 24.3 Å². The molecular formula is C18H18O4. The van der Waals surface area contributed by atoms with E-state index in [0.29, 0.717) is 11.5 Å². The molecule has 1 fully saturated rings. The highest BCUT2D eigenvalue weighted by atomic mass is 16.5. The summed E-state index contributed by atoms with van der Waals surface area (Å²) in [4.78, 5) is 12.5. The van der Waals surface area contributed by atoms with Crippen LogP contribution in [0.5, 0.6) is 11.5 Å². The normalized spacial score (nSPS) is 40.2. The van der Waals surface area contributed by atoms with Crippen LogP contribution in [0.4, 0.5) is 0 Å². The Morgan fingerprint density at radius 2 is 2.27 bits per heavy atom. The Morgan fingerprint density at radius 3 is 3.09 bits per heavy atom. The van der Waals surface area contributed by atoms with Crippen molar-refractivity contribution in [2.24, 2.45) is 5.92 Å². The van der Waals surface area contributed by atoms with Gasteiger partial charge in [-0.3, -0.25) is 4.79 Å². The predicted molar refractivity (Wildman–Crippen MR) is 79.2 cm³/mol. The van der Waals surface area contributed by atoms with Gasteiger partial charge in [-0.2, -0.15) is 0 Å². The summed E-state index contributed by atoms with van der Waals surface area (Å²) in [5, 5.41) is 11.5. The van der Waals surface area contributed by atoms with E-state index in [1.165, 1.54) is 11.6 Å². The van der Waals surface area contributed by atoms with Gasteiger partial charge in [-0.25, -0.2) is 0 Å². The van der Waals surface area contributed by atoms with Crippen LogP contribution in [0.3, 0.4) is 0 Å². The van der Waals surface area contributed by atoms with E-state index in [0.717, 1.165) is 31.2 Å². The number of hydrogen-bond acceptors (Lipinski definition) is 4. The van der Waals surface area contributed by atoms with Gasteiger partial charge in [0.2, 0.25) is 0 Å². The van der Waals surface area contributed by atoms with Gasteiger partial charge in [-0.15, -0.1) is 0 Å². The van der Waals surface area contributed by atoms with Gasteiger partial charge in [-0.05, 0) is 49.0 Å². The zero-order chi connectivity index (χ0) is 15.1. The maximum absolute atomic E-state index is 12.5. The summed E-state index contributed by atoms with van der Waals surface area (Å²) in [6.07, 6.45) is 6.28. The molecule has 2 unspecified atom stereocenters. The van der Waals surface area contributed by atoms with Crippen LogP contribution < -0.4 is 9.47 Å². The number of ether oxygens (including phenoxy) is 2. The average molecular weight is 298 g/mol. The van der Waals surface area contributed by atoms with E-state index in [9.17, 15) is 9.90 Å². The maximum atomic E-state index is 12.5. The number of carbonyl (C=O) groups is 1. The molecule has 1 saturated carbocycles. The summed E-state index contributed by atoms with van der Waals surface area (Å²) in [5.74, 6) is 1.43. The summed E-state index contributed by atoms with van der Waals surface area (Å²) in [7, 11) is 1.61. The van der Waals surface area contributed by atoms with Crippen molar-refractivity contribution in [3.05, 3.63) is 35.4 Å². The second-order valence-corrected chi connectivity index (χ2v) is 6.95. The van der Waals surface area contributed by atoms with Crippen LogP contribution in [-0.4, -0.2) is 29.7 Å². The molecule has 22 heavy (non-hydrogen) atoms. The highest BCUT2D eigenvalue weighted by Gasteiger charge is 2.70. The first-order valence-electron chi connectivity index (χ1n) is 7.94. The van der Waals surface area contributed by atoms with E-state index < -0.39 is 17.1 Å². The van der Waals surface area contributed by atoms with Crippen molar-refractivity contribution >= 4 is 5.78 Å². The fourth-order valence-electron chi connectivity index (χ4n) is 5.37. The Kier molecular flexibility index (Phi) is 2.16. The molecule has 1 N–H and O–H groups in total. The lowest BCUT2D eigenvalue weighted by atomic mass is 9.47. The SMILES string of the molecule is COc1ccc2c3c1OC1C(=O)C=C[C@@]4(O)[C@H](CCCC314)C2. The standard InChI is InChI=1S/C18H18O4/c1-21-13-5-4-10-9-11-3-2-7-17-14(10)15(13)22-16(17)12(19)6-8-18(11,17)20/h4-6,8,11,16,20H,2-3,7,9H2,1H3/t11-,16?,17?,18-/m1/s1. The Hall–Kier alpha value is -1.81. The minimum Gasteiger partial charge on any atom is -0.493 e. The largest absolute Gasteiger partial charge is 0.493 e. The van der Waals surface area contributed by atoms with Gasteiger partial charge in [0.15, 0.2) is 23.4 Å². The van der Waals surface area contributed by atoms with Crippen molar-refractivity contribution in [2.45, 2.75) is 42.8 Å². The van der Waals surface area contributed by atoms with E-state index in [1.807, 2.05) is 6.07 Å². The molecule has 4 atom stereocenters. The van der Waals surface area contributed by atoms with E-state index in [-0.39, 0.29) is 11.7 Å². The molecule has 114 valence electrons. The van der Waals surface area contributed by atoms with Gasteiger partial charge in [0.05, 0.1) is 12.5 Å². The number of hydrogen-bond donors (Lipinski definition) is 1. The van der Waals surface area contributed by atoms with Crippen LogP contribution in [0.1, 0.15) is 30.4 Å². The van der Waals surface area contributed by atoms with E-state index >= 15 is 0 Å². The van der Waals surface area contributed by atoms with Crippen molar-refractivity contribution in [2.75, 3.05) is 7.11 Å². The zero-order valence-corrected chi connectivity index (χ0v) is 12.5. The average Bonchev–Trinajstić information content (AvgIpc) is 2.85. The third kappa shape index (κ3) is 1.12. The van der Waals surface area contributed by atoms with E-state index in [4.69, 9.17) is 9.47 Å². The van der Waals surface area contributed by atoms with E-state index in [1.54, 1.807) is 13.2 Å². The topological polar surface area (TPSA) is 55.8 Å². The highest BCUT2D eigenvalue weighted by molar-refractivity contribution is 5.98. The van der Waals surface area contributed by atoms with Gasteiger partial charge in [0.1, 0.15) is 5.60 Å². The Labute approximate surface area is 128 Å². The molecule has 2 bridgehead atoms. The molecule has 4 nitrogen and oxygen atoms in total. The third-order valence-electron chi connectivity index (χ3n) is 6.24. The molecule has 1 heterocycles. The van der Waals surface area contributed by atoms with Crippen LogP contribution in [0.2, 0.25) is 0 Å². The molecule has 0 saturated heterocycles. The zero-order valence-electron chi connectivity index (χ0n) is 12.5. The van der Waals surface area contributed by atoms with Crippen molar-refractivity contribution in [3.63, 3.8) is 0 Å². The number of aliphatic hydroxyl groups is 1. The monoisotopic (exact) mass is 298 g/mol. The molecule has 3 aliphatic carbocycles. The first kappa shape index (κ1) is 12.7. The minimum absolute atomic E-state index is 0.0450. The lowest BCUT2D eigenvalue weighted by molar-refractivity contribution is -0.144. The number of ketones is 1. The Morgan fingerprint density at radius 1 is 1.41 bits per heavy atom. The van der Waals surface area contributed by atoms with Gasteiger partial charge < -0.3 is 14.6 Å². The molecule has 1 spiro atoms. The number of rotatable bonds is 1. The maximum Gasteiger partial charge on any atom is 0.196 e. The van der Waals surface area contributed by atoms with Crippen molar-refractivity contribution in [1.29, 1.82) is 0 Å². The lowest BCUT2D eigenvalue weighted by Gasteiger charge is -2.57. The first-order chi connectivity index (χ1) is 10.6. The molecular weight excluding hydrogens is 280 g/mol. The van der Waals surface area contributed by atoms with Crippen LogP contribution >= 0.6 is 0 Å². The van der Waals surface area contributed by atoms with Gasteiger partial charge in [-0.1, -0.05) is 12.5 Å². The van der Waals surface area contributed by atoms with Crippen LogP contribution in [0, 0.1) is 5.92 Å². The van der Waals surface area contributed by atoms with Crippen LogP contribution in [-0.2, 0) is 16.6 Å². The second-order valence-electron chi connectivity index (χ2n) is 6.95. The fourth-order valence-corrected chi connectivity index (χ4v) is 5.37. The second kappa shape index (κ2) is 3.74. The summed E-state index contributed by atoms with van der Waals surface area (Å²) < 4.78 is 11.5. The van der Waals surface area contributed by atoms with Crippen LogP contribution in [0.25, 0.3) is 0 Å². The molecule has 0 radical (unpaired) electrons. The summed E-state index contributed by atoms with van der Waals surface area (Å²) in [6.45, 7) is 0. The smallest absolute Gasteiger partial charge is 0.196 e. The molecule has 4 aliphatic rings. The molecule has 0 aromatic heterocycles. The first-order valence-corrected chi connectivity index (χ1v) is 7.94. The summed E-state index contributed by atoms with van der Waals surface area (Å²) in [5.41, 5.74) is 0.622. The fraction of sp³-hybridized carbons (Fsp3) is 0.500. The lowest BCUT2D eigenvalue weighted by Crippen LogP contribution is -2.68. The van der Waals surface area contributed by atoms with Crippen molar-refractivity contribution in [1.82, 2.24) is 0 Å². The van der Waals surface area contributed by atoms with Crippen molar-refractivity contribution < 1.29 is 19.4 Å². The van der Waals surface area contributed by atoms with Gasteiger partial charge in [0.25, 0.3) is 0 Å². The number of benzene rings is 1. The predicted octanol–water partition coefficient (Wildman–Crippen LogP) is 1.92. The number of carbonyl (C=O) groups excluding carboxylic acids is 1. The minimum atomic E-state index is -0.978. The summed E-state index contributed by atoms with van der Waals surface area (Å²) in [6, 6.07) is 3.99. The molecule has 0 amide bonds. The Bertz CT molecular complexity index is 737. The van der Waals surface area contributed by atoms with Gasteiger partial charge >= 0.3 is 0 Å². The molecule has 5 rings (SSSR count). The third-order valence-corrected chi connectivity index (χ3v) is 6.24. The molecule has 1 aliphatic heterocycles. The highest BCUT2D eigenvalue weighted by Crippen LogP contribution is 2.65. The van der Waals surface area contributed by atoms with Crippen molar-refractivity contribution in [3.8, 4) is 11.5 Å². The quantitative estimate of drug-likeness (QED) is 0.860. The van der Waals surface area contributed by atoms with E-state index in [2.05, 4.69) is 6.07 Å². The Balaban J connectivity index is 1.90. The summed E-state index contributed by atoms with van der Waals surface area (Å²) >= 11 is 0.